The number of hydrogen-bond acceptors (Lipinski definition) is 3. The quantitative estimate of drug-likeness (QED) is 0.891. The van der Waals surface area contributed by atoms with Crippen LogP contribution in [-0.2, 0) is 6.42 Å². The average molecular weight is 270 g/mol. The Morgan fingerprint density at radius 2 is 1.90 bits per heavy atom. The van der Waals surface area contributed by atoms with Crippen molar-refractivity contribution in [3.8, 4) is 11.5 Å². The SMILES string of the molecule is CCc1nc(C)ccc1Oc1ccccc1C(C)NC. The van der Waals surface area contributed by atoms with Crippen molar-refractivity contribution in [2.75, 3.05) is 7.05 Å². The minimum Gasteiger partial charge on any atom is -0.455 e. The Hall–Kier alpha value is -1.87. The van der Waals surface area contributed by atoms with Crippen LogP contribution < -0.4 is 10.1 Å². The van der Waals surface area contributed by atoms with Crippen LogP contribution in [0.3, 0.4) is 0 Å². The molecule has 0 aliphatic rings. The van der Waals surface area contributed by atoms with E-state index in [0.717, 1.165) is 34.9 Å². The van der Waals surface area contributed by atoms with Gasteiger partial charge in [0.1, 0.15) is 11.5 Å². The molecule has 106 valence electrons. The molecule has 0 saturated carbocycles. The van der Waals surface area contributed by atoms with Gasteiger partial charge in [-0.3, -0.25) is 4.98 Å². The van der Waals surface area contributed by atoms with E-state index in [4.69, 9.17) is 4.74 Å². The lowest BCUT2D eigenvalue weighted by atomic mass is 10.1. The number of nitrogens with zero attached hydrogens (tertiary/aromatic N) is 1. The maximum Gasteiger partial charge on any atom is 0.148 e. The van der Waals surface area contributed by atoms with Gasteiger partial charge in [-0.05, 0) is 45.5 Å². The zero-order valence-electron chi connectivity index (χ0n) is 12.6. The molecule has 1 heterocycles. The van der Waals surface area contributed by atoms with Crippen LogP contribution in [0.5, 0.6) is 11.5 Å². The number of para-hydroxylation sites is 1. The number of ether oxygens (including phenoxy) is 1. The maximum absolute atomic E-state index is 6.11. The fourth-order valence-corrected chi connectivity index (χ4v) is 2.15. The average Bonchev–Trinajstić information content (AvgIpc) is 2.48. The molecule has 0 spiro atoms. The summed E-state index contributed by atoms with van der Waals surface area (Å²) in [6.07, 6.45) is 0.862. The Labute approximate surface area is 121 Å². The van der Waals surface area contributed by atoms with Gasteiger partial charge in [-0.1, -0.05) is 25.1 Å². The first kappa shape index (κ1) is 14.5. The smallest absolute Gasteiger partial charge is 0.148 e. The van der Waals surface area contributed by atoms with Crippen molar-refractivity contribution in [1.82, 2.24) is 10.3 Å². The lowest BCUT2D eigenvalue weighted by Crippen LogP contribution is -2.13. The van der Waals surface area contributed by atoms with E-state index in [0.29, 0.717) is 0 Å². The highest BCUT2D eigenvalue weighted by Crippen LogP contribution is 2.31. The molecule has 3 nitrogen and oxygen atoms in total. The Morgan fingerprint density at radius 1 is 1.15 bits per heavy atom. The summed E-state index contributed by atoms with van der Waals surface area (Å²) in [5, 5.41) is 3.25. The number of hydrogen-bond donors (Lipinski definition) is 1. The minimum atomic E-state index is 0.245. The number of aryl methyl sites for hydroxylation is 2. The summed E-state index contributed by atoms with van der Waals surface area (Å²) in [4.78, 5) is 4.54. The summed E-state index contributed by atoms with van der Waals surface area (Å²) in [6.45, 7) is 6.22. The van der Waals surface area contributed by atoms with Crippen LogP contribution in [0.1, 0.15) is 36.8 Å². The van der Waals surface area contributed by atoms with E-state index in [1.165, 1.54) is 0 Å². The highest BCUT2D eigenvalue weighted by Gasteiger charge is 2.12. The summed E-state index contributed by atoms with van der Waals surface area (Å²) in [5.74, 6) is 1.73. The van der Waals surface area contributed by atoms with Gasteiger partial charge in [0.15, 0.2) is 0 Å². The molecule has 1 aromatic carbocycles. The van der Waals surface area contributed by atoms with Crippen molar-refractivity contribution in [3.63, 3.8) is 0 Å². The van der Waals surface area contributed by atoms with E-state index < -0.39 is 0 Å². The normalized spacial score (nSPS) is 12.2. The summed E-state index contributed by atoms with van der Waals surface area (Å²) in [7, 11) is 1.95. The van der Waals surface area contributed by atoms with Crippen LogP contribution in [0.15, 0.2) is 36.4 Å². The molecular formula is C17H22N2O. The van der Waals surface area contributed by atoms with Crippen molar-refractivity contribution < 1.29 is 4.74 Å². The van der Waals surface area contributed by atoms with Gasteiger partial charge in [0.25, 0.3) is 0 Å². The summed E-state index contributed by atoms with van der Waals surface area (Å²) in [6, 6.07) is 12.3. The highest BCUT2D eigenvalue weighted by molar-refractivity contribution is 5.41. The van der Waals surface area contributed by atoms with Crippen molar-refractivity contribution >= 4 is 0 Å². The summed E-state index contributed by atoms with van der Waals surface area (Å²) in [5.41, 5.74) is 3.17. The Bertz CT molecular complexity index is 581. The number of benzene rings is 1. The molecule has 1 unspecified atom stereocenters. The molecule has 0 aliphatic heterocycles. The first-order valence-corrected chi connectivity index (χ1v) is 7.06. The molecule has 1 atom stereocenters. The van der Waals surface area contributed by atoms with E-state index in [9.17, 15) is 0 Å². The zero-order valence-corrected chi connectivity index (χ0v) is 12.6. The molecule has 0 radical (unpaired) electrons. The molecule has 0 bridgehead atoms. The fourth-order valence-electron chi connectivity index (χ4n) is 2.15. The third-order valence-electron chi connectivity index (χ3n) is 3.44. The number of nitrogens with one attached hydrogen (secondary N) is 1. The van der Waals surface area contributed by atoms with Gasteiger partial charge in [0.05, 0.1) is 5.69 Å². The maximum atomic E-state index is 6.11. The highest BCUT2D eigenvalue weighted by atomic mass is 16.5. The topological polar surface area (TPSA) is 34.1 Å². The molecule has 20 heavy (non-hydrogen) atoms. The van der Waals surface area contributed by atoms with Crippen LogP contribution in [0.2, 0.25) is 0 Å². The monoisotopic (exact) mass is 270 g/mol. The molecule has 2 aromatic rings. The Kier molecular flexibility index (Phi) is 4.74. The molecule has 0 amide bonds. The van der Waals surface area contributed by atoms with E-state index >= 15 is 0 Å². The molecule has 1 N–H and O–H groups in total. The van der Waals surface area contributed by atoms with E-state index in [1.807, 2.05) is 44.3 Å². The van der Waals surface area contributed by atoms with Gasteiger partial charge in [-0.2, -0.15) is 0 Å². The zero-order chi connectivity index (χ0) is 14.5. The predicted molar refractivity (Wildman–Crippen MR) is 82.3 cm³/mol. The molecular weight excluding hydrogens is 248 g/mol. The third-order valence-corrected chi connectivity index (χ3v) is 3.44. The summed E-state index contributed by atoms with van der Waals surface area (Å²) >= 11 is 0. The van der Waals surface area contributed by atoms with E-state index in [1.54, 1.807) is 0 Å². The standard InChI is InChI=1S/C17H22N2O/c1-5-15-17(11-10-12(2)19-15)20-16-9-7-6-8-14(16)13(3)18-4/h6-11,13,18H,5H2,1-4H3. The van der Waals surface area contributed by atoms with E-state index in [2.05, 4.69) is 30.2 Å². The van der Waals surface area contributed by atoms with Gasteiger partial charge in [0.2, 0.25) is 0 Å². The van der Waals surface area contributed by atoms with Crippen LogP contribution in [0, 0.1) is 6.92 Å². The largest absolute Gasteiger partial charge is 0.455 e. The second-order valence-electron chi connectivity index (χ2n) is 4.90. The third kappa shape index (κ3) is 3.17. The Morgan fingerprint density at radius 3 is 2.60 bits per heavy atom. The molecule has 3 heteroatoms. The second kappa shape index (κ2) is 6.53. The van der Waals surface area contributed by atoms with Crippen LogP contribution in [0.25, 0.3) is 0 Å². The van der Waals surface area contributed by atoms with Gasteiger partial charge in [0, 0.05) is 17.3 Å². The van der Waals surface area contributed by atoms with E-state index in [-0.39, 0.29) is 6.04 Å². The molecule has 1 aromatic heterocycles. The van der Waals surface area contributed by atoms with Gasteiger partial charge < -0.3 is 10.1 Å². The lowest BCUT2D eigenvalue weighted by Gasteiger charge is -2.17. The second-order valence-corrected chi connectivity index (χ2v) is 4.90. The molecule has 0 aliphatic carbocycles. The molecule has 0 fully saturated rings. The van der Waals surface area contributed by atoms with Crippen LogP contribution >= 0.6 is 0 Å². The van der Waals surface area contributed by atoms with Crippen LogP contribution in [-0.4, -0.2) is 12.0 Å². The lowest BCUT2D eigenvalue weighted by molar-refractivity contribution is 0.458. The van der Waals surface area contributed by atoms with Crippen molar-refractivity contribution in [2.24, 2.45) is 0 Å². The van der Waals surface area contributed by atoms with Gasteiger partial charge in [-0.25, -0.2) is 0 Å². The molecule has 0 saturated heterocycles. The van der Waals surface area contributed by atoms with Crippen LogP contribution in [0.4, 0.5) is 0 Å². The minimum absolute atomic E-state index is 0.245. The first-order valence-electron chi connectivity index (χ1n) is 7.06. The van der Waals surface area contributed by atoms with Crippen molar-refractivity contribution in [1.29, 1.82) is 0 Å². The van der Waals surface area contributed by atoms with Gasteiger partial charge >= 0.3 is 0 Å². The first-order chi connectivity index (χ1) is 9.65. The number of pyridine rings is 1. The fraction of sp³-hybridized carbons (Fsp3) is 0.353. The Balaban J connectivity index is 2.35. The van der Waals surface area contributed by atoms with Crippen molar-refractivity contribution in [3.05, 3.63) is 53.3 Å². The number of rotatable bonds is 5. The molecule has 2 rings (SSSR count). The van der Waals surface area contributed by atoms with Gasteiger partial charge in [-0.15, -0.1) is 0 Å². The number of aromatic nitrogens is 1. The predicted octanol–water partition coefficient (Wildman–Crippen LogP) is 4.03. The summed E-state index contributed by atoms with van der Waals surface area (Å²) < 4.78 is 6.11. The van der Waals surface area contributed by atoms with Crippen molar-refractivity contribution in [2.45, 2.75) is 33.2 Å².